The first-order valence-electron chi connectivity index (χ1n) is 7.06. The summed E-state index contributed by atoms with van der Waals surface area (Å²) in [6, 6.07) is 4.60. The predicted molar refractivity (Wildman–Crippen MR) is 78.1 cm³/mol. The summed E-state index contributed by atoms with van der Waals surface area (Å²) in [7, 11) is 1.41. The Morgan fingerprint density at radius 2 is 2.36 bits per heavy atom. The molecule has 7 heteroatoms. The van der Waals surface area contributed by atoms with Crippen LogP contribution in [0.15, 0.2) is 18.2 Å². The number of amides is 1. The molecule has 1 aliphatic heterocycles. The molecule has 0 spiro atoms. The number of rotatable bonds is 4. The first-order valence-corrected chi connectivity index (χ1v) is 7.06. The van der Waals surface area contributed by atoms with Crippen LogP contribution in [0.25, 0.3) is 0 Å². The third-order valence-corrected chi connectivity index (χ3v) is 3.69. The highest BCUT2D eigenvalue weighted by Crippen LogP contribution is 2.18. The lowest BCUT2D eigenvalue weighted by molar-refractivity contribution is 0.0944. The van der Waals surface area contributed by atoms with E-state index in [2.05, 4.69) is 20.8 Å². The number of carbonyl (C=O) groups excluding carboxylic acids is 1. The van der Waals surface area contributed by atoms with Crippen molar-refractivity contribution < 1.29 is 13.9 Å². The molecule has 116 valence electrons. The van der Waals surface area contributed by atoms with E-state index in [9.17, 15) is 9.18 Å². The summed E-state index contributed by atoms with van der Waals surface area (Å²) in [6.07, 6.45) is 0.833. The Morgan fingerprint density at radius 3 is 3.14 bits per heavy atom. The van der Waals surface area contributed by atoms with Gasteiger partial charge >= 0.3 is 0 Å². The van der Waals surface area contributed by atoms with Gasteiger partial charge in [-0.2, -0.15) is 5.10 Å². The van der Waals surface area contributed by atoms with Crippen molar-refractivity contribution in [2.45, 2.75) is 19.5 Å². The molecule has 0 saturated heterocycles. The van der Waals surface area contributed by atoms with E-state index in [1.54, 1.807) is 6.07 Å². The van der Waals surface area contributed by atoms with E-state index >= 15 is 0 Å². The molecule has 2 heterocycles. The molecule has 1 aliphatic rings. The molecule has 2 aromatic rings. The number of nitrogens with one attached hydrogen (secondary N) is 3. The highest BCUT2D eigenvalue weighted by molar-refractivity contribution is 5.94. The normalized spacial score (nSPS) is 13.5. The zero-order valence-electron chi connectivity index (χ0n) is 12.2. The van der Waals surface area contributed by atoms with Crippen LogP contribution in [0.2, 0.25) is 0 Å². The number of aromatic nitrogens is 2. The van der Waals surface area contributed by atoms with Crippen LogP contribution < -0.4 is 15.4 Å². The molecule has 0 atom stereocenters. The second-order valence-corrected chi connectivity index (χ2v) is 5.11. The molecule has 1 amide bonds. The maximum atomic E-state index is 13.6. The number of hydrogen-bond acceptors (Lipinski definition) is 4. The van der Waals surface area contributed by atoms with Crippen LogP contribution in [0.3, 0.4) is 0 Å². The molecule has 0 unspecified atom stereocenters. The number of ether oxygens (including phenoxy) is 1. The van der Waals surface area contributed by atoms with Crippen molar-refractivity contribution in [3.63, 3.8) is 0 Å². The zero-order chi connectivity index (χ0) is 15.5. The summed E-state index contributed by atoms with van der Waals surface area (Å²) in [5, 5.41) is 13.0. The Morgan fingerprint density at radius 1 is 1.50 bits per heavy atom. The topological polar surface area (TPSA) is 79.0 Å². The minimum absolute atomic E-state index is 0.183. The van der Waals surface area contributed by atoms with Crippen LogP contribution in [0, 0.1) is 5.82 Å². The van der Waals surface area contributed by atoms with Gasteiger partial charge in [0.1, 0.15) is 0 Å². The first-order chi connectivity index (χ1) is 10.7. The van der Waals surface area contributed by atoms with E-state index in [4.69, 9.17) is 4.74 Å². The fourth-order valence-electron chi connectivity index (χ4n) is 2.50. The van der Waals surface area contributed by atoms with E-state index in [1.165, 1.54) is 19.2 Å². The Hall–Kier alpha value is -2.41. The number of methoxy groups -OCH3 is 1. The second-order valence-electron chi connectivity index (χ2n) is 5.11. The van der Waals surface area contributed by atoms with E-state index in [1.807, 2.05) is 0 Å². The van der Waals surface area contributed by atoms with Crippen molar-refractivity contribution in [2.75, 3.05) is 13.7 Å². The standard InChI is InChI=1S/C15H17FN4O2/c1-22-13-3-2-9(6-11(13)16)7-18-15(21)14-10-8-17-5-4-12(10)19-20-14/h2-3,6,17H,4-5,7-8H2,1H3,(H,18,21)(H,19,20). The maximum absolute atomic E-state index is 13.6. The average molecular weight is 304 g/mol. The van der Waals surface area contributed by atoms with Crippen LogP contribution in [-0.4, -0.2) is 29.8 Å². The van der Waals surface area contributed by atoms with Crippen molar-refractivity contribution >= 4 is 5.91 Å². The van der Waals surface area contributed by atoms with Gasteiger partial charge in [-0.15, -0.1) is 0 Å². The Kier molecular flexibility index (Phi) is 4.06. The minimum Gasteiger partial charge on any atom is -0.494 e. The molecule has 0 aliphatic carbocycles. The summed E-state index contributed by atoms with van der Waals surface area (Å²) in [4.78, 5) is 12.2. The van der Waals surface area contributed by atoms with Gasteiger partial charge < -0.3 is 15.4 Å². The summed E-state index contributed by atoms with van der Waals surface area (Å²) in [6.45, 7) is 1.74. The van der Waals surface area contributed by atoms with Crippen LogP contribution >= 0.6 is 0 Å². The number of H-pyrrole nitrogens is 1. The molecule has 0 saturated carbocycles. The maximum Gasteiger partial charge on any atom is 0.272 e. The number of hydrogen-bond donors (Lipinski definition) is 3. The van der Waals surface area contributed by atoms with Gasteiger partial charge in [-0.05, 0) is 17.7 Å². The first kappa shape index (κ1) is 14.5. The number of halogens is 1. The Balaban J connectivity index is 1.67. The lowest BCUT2D eigenvalue weighted by atomic mass is 10.1. The smallest absolute Gasteiger partial charge is 0.272 e. The molecular formula is C15H17FN4O2. The number of fused-ring (bicyclic) bond motifs is 1. The van der Waals surface area contributed by atoms with Gasteiger partial charge in [-0.1, -0.05) is 6.07 Å². The summed E-state index contributed by atoms with van der Waals surface area (Å²) < 4.78 is 18.5. The molecule has 6 nitrogen and oxygen atoms in total. The van der Waals surface area contributed by atoms with Gasteiger partial charge in [0.15, 0.2) is 17.3 Å². The minimum atomic E-state index is -0.449. The van der Waals surface area contributed by atoms with Gasteiger partial charge in [-0.3, -0.25) is 9.89 Å². The Bertz CT molecular complexity index is 699. The quantitative estimate of drug-likeness (QED) is 0.791. The molecule has 3 N–H and O–H groups in total. The van der Waals surface area contributed by atoms with Gasteiger partial charge in [0.05, 0.1) is 7.11 Å². The lowest BCUT2D eigenvalue weighted by Gasteiger charge is -2.13. The molecule has 1 aromatic carbocycles. The van der Waals surface area contributed by atoms with Gasteiger partial charge in [0.2, 0.25) is 0 Å². The summed E-state index contributed by atoms with van der Waals surface area (Å²) >= 11 is 0. The van der Waals surface area contributed by atoms with E-state index < -0.39 is 5.82 Å². The van der Waals surface area contributed by atoms with E-state index in [0.717, 1.165) is 24.2 Å². The van der Waals surface area contributed by atoms with Crippen LogP contribution in [0.4, 0.5) is 4.39 Å². The number of nitrogens with zero attached hydrogens (tertiary/aromatic N) is 1. The van der Waals surface area contributed by atoms with E-state index in [0.29, 0.717) is 17.8 Å². The third kappa shape index (κ3) is 2.80. The summed E-state index contributed by atoms with van der Waals surface area (Å²) in [5.41, 5.74) is 2.97. The predicted octanol–water partition coefficient (Wildman–Crippen LogP) is 1.13. The SMILES string of the molecule is COc1ccc(CNC(=O)c2n[nH]c3c2CNCC3)cc1F. The average Bonchev–Trinajstić information content (AvgIpc) is 2.97. The zero-order valence-corrected chi connectivity index (χ0v) is 12.2. The summed E-state index contributed by atoms with van der Waals surface area (Å²) in [5.74, 6) is -0.532. The molecule has 22 heavy (non-hydrogen) atoms. The van der Waals surface area contributed by atoms with Crippen LogP contribution in [0.5, 0.6) is 5.75 Å². The third-order valence-electron chi connectivity index (χ3n) is 3.69. The monoisotopic (exact) mass is 304 g/mol. The number of aromatic amines is 1. The van der Waals surface area contributed by atoms with Crippen LogP contribution in [-0.2, 0) is 19.5 Å². The fourth-order valence-corrected chi connectivity index (χ4v) is 2.50. The lowest BCUT2D eigenvalue weighted by Crippen LogP contribution is -2.28. The highest BCUT2D eigenvalue weighted by Gasteiger charge is 2.21. The second kappa shape index (κ2) is 6.15. The molecule has 0 fully saturated rings. The largest absolute Gasteiger partial charge is 0.494 e. The highest BCUT2D eigenvalue weighted by atomic mass is 19.1. The van der Waals surface area contributed by atoms with Crippen molar-refractivity contribution in [2.24, 2.45) is 0 Å². The molecule has 3 rings (SSSR count). The molecule has 1 aromatic heterocycles. The van der Waals surface area contributed by atoms with Gasteiger partial charge in [0.25, 0.3) is 5.91 Å². The van der Waals surface area contributed by atoms with Crippen molar-refractivity contribution in [3.8, 4) is 5.75 Å². The van der Waals surface area contributed by atoms with E-state index in [-0.39, 0.29) is 18.2 Å². The van der Waals surface area contributed by atoms with Crippen molar-refractivity contribution in [1.82, 2.24) is 20.8 Å². The molecule has 0 bridgehead atoms. The molecular weight excluding hydrogens is 287 g/mol. The van der Waals surface area contributed by atoms with Crippen molar-refractivity contribution in [3.05, 3.63) is 46.5 Å². The fraction of sp³-hybridized carbons (Fsp3) is 0.333. The van der Waals surface area contributed by atoms with Crippen LogP contribution in [0.1, 0.15) is 27.3 Å². The number of carbonyl (C=O) groups is 1. The van der Waals surface area contributed by atoms with Crippen molar-refractivity contribution in [1.29, 1.82) is 0 Å². The van der Waals surface area contributed by atoms with Gasteiger partial charge in [0, 0.05) is 37.3 Å². The number of benzene rings is 1. The Labute approximate surface area is 127 Å². The van der Waals surface area contributed by atoms with Gasteiger partial charge in [-0.25, -0.2) is 4.39 Å². The molecule has 0 radical (unpaired) electrons.